The number of benzene rings is 1. The molecule has 6 nitrogen and oxygen atoms in total. The Balaban J connectivity index is 1.57. The van der Waals surface area contributed by atoms with Crippen LogP contribution in [0.3, 0.4) is 0 Å². The first-order valence-corrected chi connectivity index (χ1v) is 12.1. The molecular formula is C21H33N3O3S. The topological polar surface area (TPSA) is 69.7 Å². The maximum absolute atomic E-state index is 12.6. The summed E-state index contributed by atoms with van der Waals surface area (Å²) in [6.07, 6.45) is 5.06. The zero-order valence-electron chi connectivity index (χ0n) is 17.1. The van der Waals surface area contributed by atoms with E-state index in [-0.39, 0.29) is 11.7 Å². The van der Waals surface area contributed by atoms with Crippen LogP contribution in [0.1, 0.15) is 54.9 Å². The predicted molar refractivity (Wildman–Crippen MR) is 113 cm³/mol. The zero-order valence-corrected chi connectivity index (χ0v) is 17.9. The summed E-state index contributed by atoms with van der Waals surface area (Å²) < 4.78 is 26.3. The summed E-state index contributed by atoms with van der Waals surface area (Å²) in [6, 6.07) is 5.33. The molecular weight excluding hydrogens is 374 g/mol. The van der Waals surface area contributed by atoms with E-state index in [1.165, 1.54) is 17.1 Å². The summed E-state index contributed by atoms with van der Waals surface area (Å²) in [4.78, 5) is 15.0. The number of hydrogen-bond donors (Lipinski definition) is 1. The van der Waals surface area contributed by atoms with Crippen molar-refractivity contribution in [3.8, 4) is 0 Å². The maximum atomic E-state index is 12.6. The standard InChI is InChI=1S/C21H33N3O3S/c1-17-7-5-11-23(16-17)12-6-10-22-21(25)19-9-8-18(2)20(15-19)24-13-3-4-14-28(24,26)27/h8-9,15,17H,3-7,10-14,16H2,1-2H3,(H,22,25)/t17-/m0/s1. The van der Waals surface area contributed by atoms with Crippen LogP contribution in [0.5, 0.6) is 0 Å². The quantitative estimate of drug-likeness (QED) is 0.736. The van der Waals surface area contributed by atoms with Gasteiger partial charge in [0.1, 0.15) is 0 Å². The number of carbonyl (C=O) groups excluding carboxylic acids is 1. The molecule has 0 aromatic heterocycles. The molecule has 3 rings (SSSR count). The summed E-state index contributed by atoms with van der Waals surface area (Å²) in [7, 11) is -3.28. The Hall–Kier alpha value is -1.60. The third-order valence-corrected chi connectivity index (χ3v) is 7.62. The fourth-order valence-electron chi connectivity index (χ4n) is 4.18. The lowest BCUT2D eigenvalue weighted by Crippen LogP contribution is -2.38. The average Bonchev–Trinajstić information content (AvgIpc) is 2.65. The number of nitrogens with zero attached hydrogens (tertiary/aromatic N) is 2. The lowest BCUT2D eigenvalue weighted by atomic mass is 10.0. The molecule has 0 spiro atoms. The van der Waals surface area contributed by atoms with Gasteiger partial charge in [-0.15, -0.1) is 0 Å². The summed E-state index contributed by atoms with van der Waals surface area (Å²) >= 11 is 0. The number of aryl methyl sites for hydroxylation is 1. The lowest BCUT2D eigenvalue weighted by Gasteiger charge is -2.30. The van der Waals surface area contributed by atoms with Crippen molar-refractivity contribution in [2.24, 2.45) is 5.92 Å². The molecule has 7 heteroatoms. The van der Waals surface area contributed by atoms with Gasteiger partial charge in [-0.1, -0.05) is 13.0 Å². The maximum Gasteiger partial charge on any atom is 0.251 e. The normalized spacial score (nSPS) is 22.8. The highest BCUT2D eigenvalue weighted by Gasteiger charge is 2.27. The van der Waals surface area contributed by atoms with Gasteiger partial charge in [0.2, 0.25) is 10.0 Å². The highest BCUT2D eigenvalue weighted by Crippen LogP contribution is 2.28. The molecule has 2 heterocycles. The molecule has 1 aromatic rings. The minimum Gasteiger partial charge on any atom is -0.352 e. The molecule has 0 saturated carbocycles. The van der Waals surface area contributed by atoms with Crippen LogP contribution >= 0.6 is 0 Å². The van der Waals surface area contributed by atoms with Gasteiger partial charge in [0.25, 0.3) is 5.91 Å². The Labute approximate surface area is 169 Å². The van der Waals surface area contributed by atoms with E-state index in [0.717, 1.165) is 44.0 Å². The van der Waals surface area contributed by atoms with Crippen molar-refractivity contribution in [2.45, 2.75) is 46.0 Å². The van der Waals surface area contributed by atoms with Gasteiger partial charge < -0.3 is 10.2 Å². The SMILES string of the molecule is Cc1ccc(C(=O)NCCCN2CCC[C@H](C)C2)cc1N1CCCCS1(=O)=O. The molecule has 0 bridgehead atoms. The molecule has 2 aliphatic rings. The predicted octanol–water partition coefficient (Wildman–Crippen LogP) is 2.78. The van der Waals surface area contributed by atoms with Crippen molar-refractivity contribution in [3.63, 3.8) is 0 Å². The molecule has 2 aliphatic heterocycles. The van der Waals surface area contributed by atoms with Gasteiger partial charge in [0, 0.05) is 25.2 Å². The fourth-order valence-corrected chi connectivity index (χ4v) is 5.87. The van der Waals surface area contributed by atoms with E-state index in [1.807, 2.05) is 13.0 Å². The number of sulfonamides is 1. The molecule has 2 saturated heterocycles. The molecule has 0 radical (unpaired) electrons. The first kappa shape index (κ1) is 21.1. The van der Waals surface area contributed by atoms with E-state index in [9.17, 15) is 13.2 Å². The smallest absolute Gasteiger partial charge is 0.251 e. The van der Waals surface area contributed by atoms with Crippen LogP contribution in [0.25, 0.3) is 0 Å². The Morgan fingerprint density at radius 1 is 1.21 bits per heavy atom. The minimum atomic E-state index is -3.28. The number of piperidine rings is 1. The van der Waals surface area contributed by atoms with E-state index in [0.29, 0.717) is 30.8 Å². The van der Waals surface area contributed by atoms with E-state index in [1.54, 1.807) is 12.1 Å². The van der Waals surface area contributed by atoms with Crippen LogP contribution in [0.2, 0.25) is 0 Å². The minimum absolute atomic E-state index is 0.136. The number of carbonyl (C=O) groups is 1. The largest absolute Gasteiger partial charge is 0.352 e. The summed E-state index contributed by atoms with van der Waals surface area (Å²) in [5.41, 5.74) is 2.03. The van der Waals surface area contributed by atoms with Gasteiger partial charge >= 0.3 is 0 Å². The molecule has 1 amide bonds. The van der Waals surface area contributed by atoms with Crippen LogP contribution < -0.4 is 9.62 Å². The summed E-state index contributed by atoms with van der Waals surface area (Å²) in [6.45, 7) is 8.63. The Kier molecular flexibility index (Phi) is 6.99. The Bertz CT molecular complexity index is 794. The van der Waals surface area contributed by atoms with Gasteiger partial charge in [0.15, 0.2) is 0 Å². The highest BCUT2D eigenvalue weighted by molar-refractivity contribution is 7.92. The van der Waals surface area contributed by atoms with Gasteiger partial charge in [-0.05, 0) is 75.7 Å². The molecule has 1 N–H and O–H groups in total. The van der Waals surface area contributed by atoms with Crippen LogP contribution in [0.15, 0.2) is 18.2 Å². The van der Waals surface area contributed by atoms with E-state index < -0.39 is 10.0 Å². The van der Waals surface area contributed by atoms with Crippen LogP contribution in [-0.4, -0.2) is 57.7 Å². The van der Waals surface area contributed by atoms with E-state index in [2.05, 4.69) is 17.1 Å². The Morgan fingerprint density at radius 2 is 2.04 bits per heavy atom. The third kappa shape index (κ3) is 5.26. The molecule has 0 aliphatic carbocycles. The molecule has 1 aromatic carbocycles. The second-order valence-electron chi connectivity index (χ2n) is 8.25. The third-order valence-electron chi connectivity index (χ3n) is 5.77. The van der Waals surface area contributed by atoms with Crippen molar-refractivity contribution in [1.82, 2.24) is 10.2 Å². The highest BCUT2D eigenvalue weighted by atomic mass is 32.2. The first-order chi connectivity index (χ1) is 13.4. The van der Waals surface area contributed by atoms with Crippen LogP contribution in [0, 0.1) is 12.8 Å². The average molecular weight is 408 g/mol. The van der Waals surface area contributed by atoms with Crippen molar-refractivity contribution in [2.75, 3.05) is 42.8 Å². The monoisotopic (exact) mass is 407 g/mol. The van der Waals surface area contributed by atoms with Gasteiger partial charge in [-0.3, -0.25) is 9.10 Å². The van der Waals surface area contributed by atoms with Crippen molar-refractivity contribution in [3.05, 3.63) is 29.3 Å². The number of nitrogens with one attached hydrogen (secondary N) is 1. The molecule has 1 atom stereocenters. The van der Waals surface area contributed by atoms with Crippen molar-refractivity contribution >= 4 is 21.6 Å². The number of amides is 1. The Morgan fingerprint density at radius 3 is 2.79 bits per heavy atom. The molecule has 156 valence electrons. The number of likely N-dealkylation sites (tertiary alicyclic amines) is 1. The first-order valence-electron chi connectivity index (χ1n) is 10.5. The number of rotatable bonds is 6. The number of anilines is 1. The van der Waals surface area contributed by atoms with E-state index in [4.69, 9.17) is 0 Å². The fraction of sp³-hybridized carbons (Fsp3) is 0.667. The number of hydrogen-bond acceptors (Lipinski definition) is 4. The lowest BCUT2D eigenvalue weighted by molar-refractivity contribution is 0.0950. The molecule has 2 fully saturated rings. The summed E-state index contributed by atoms with van der Waals surface area (Å²) in [5.74, 6) is 0.806. The zero-order chi connectivity index (χ0) is 20.1. The van der Waals surface area contributed by atoms with Gasteiger partial charge in [0.05, 0.1) is 11.4 Å². The van der Waals surface area contributed by atoms with Crippen molar-refractivity contribution in [1.29, 1.82) is 0 Å². The van der Waals surface area contributed by atoms with Crippen LogP contribution in [-0.2, 0) is 10.0 Å². The van der Waals surface area contributed by atoms with Gasteiger partial charge in [-0.25, -0.2) is 8.42 Å². The second kappa shape index (κ2) is 9.27. The van der Waals surface area contributed by atoms with Crippen LogP contribution in [0.4, 0.5) is 5.69 Å². The summed E-state index contributed by atoms with van der Waals surface area (Å²) in [5, 5.41) is 2.99. The molecule has 28 heavy (non-hydrogen) atoms. The van der Waals surface area contributed by atoms with Crippen molar-refractivity contribution < 1.29 is 13.2 Å². The molecule has 0 unspecified atom stereocenters. The van der Waals surface area contributed by atoms with Gasteiger partial charge in [-0.2, -0.15) is 0 Å². The van der Waals surface area contributed by atoms with E-state index >= 15 is 0 Å². The second-order valence-corrected chi connectivity index (χ2v) is 10.3.